The summed E-state index contributed by atoms with van der Waals surface area (Å²) >= 11 is 0. The molecule has 0 amide bonds. The Labute approximate surface area is 106 Å². The van der Waals surface area contributed by atoms with Crippen LogP contribution in [0.4, 0.5) is 0 Å². The highest BCUT2D eigenvalue weighted by molar-refractivity contribution is 7.89. The summed E-state index contributed by atoms with van der Waals surface area (Å²) < 4.78 is 25.9. The maximum Gasteiger partial charge on any atom is 0.244 e. The smallest absolute Gasteiger partial charge is 0.244 e. The van der Waals surface area contributed by atoms with Crippen molar-refractivity contribution < 1.29 is 13.5 Å². The lowest BCUT2D eigenvalue weighted by atomic mass is 10.2. The summed E-state index contributed by atoms with van der Waals surface area (Å²) in [6, 6.07) is 4.22. The summed E-state index contributed by atoms with van der Waals surface area (Å²) in [6.07, 6.45) is 2.59. The molecule has 1 aliphatic heterocycles. The Morgan fingerprint density at radius 2 is 2.33 bits per heavy atom. The Bertz CT molecular complexity index is 562. The van der Waals surface area contributed by atoms with E-state index in [1.807, 2.05) is 6.07 Å². The fourth-order valence-corrected chi connectivity index (χ4v) is 3.67. The van der Waals surface area contributed by atoms with Crippen molar-refractivity contribution in [2.24, 2.45) is 0 Å². The molecule has 1 saturated heterocycles. The Morgan fingerprint density at radius 1 is 1.56 bits per heavy atom. The van der Waals surface area contributed by atoms with Gasteiger partial charge in [-0.25, -0.2) is 13.4 Å². The number of aliphatic hydroxyl groups excluding tert-OH is 1. The standard InChI is InChI=1S/C11H13N3O3S/c12-6-9-3-4-11(7-13-9)18(16,17)14-5-1-2-10(14)8-15/h3-4,7,10,15H,1-2,5,8H2/t10-/m1/s1. The van der Waals surface area contributed by atoms with Crippen LogP contribution in [0.5, 0.6) is 0 Å². The van der Waals surface area contributed by atoms with Crippen molar-refractivity contribution in [1.82, 2.24) is 9.29 Å². The van der Waals surface area contributed by atoms with Crippen molar-refractivity contribution >= 4 is 10.0 Å². The van der Waals surface area contributed by atoms with Gasteiger partial charge in [0.1, 0.15) is 16.7 Å². The molecule has 7 heteroatoms. The first kappa shape index (κ1) is 13.0. The maximum atomic E-state index is 12.3. The average Bonchev–Trinajstić information content (AvgIpc) is 2.88. The largest absolute Gasteiger partial charge is 0.395 e. The van der Waals surface area contributed by atoms with Crippen LogP contribution in [0.15, 0.2) is 23.2 Å². The normalized spacial score (nSPS) is 20.8. The van der Waals surface area contributed by atoms with E-state index in [0.717, 1.165) is 6.42 Å². The van der Waals surface area contributed by atoms with E-state index in [-0.39, 0.29) is 23.2 Å². The molecule has 0 radical (unpaired) electrons. The molecule has 1 N–H and O–H groups in total. The van der Waals surface area contributed by atoms with Crippen molar-refractivity contribution in [3.8, 4) is 6.07 Å². The second kappa shape index (κ2) is 5.02. The first-order valence-electron chi connectivity index (χ1n) is 5.58. The molecular weight excluding hydrogens is 254 g/mol. The molecule has 0 aromatic carbocycles. The Morgan fingerprint density at radius 3 is 2.89 bits per heavy atom. The molecular formula is C11H13N3O3S. The van der Waals surface area contributed by atoms with E-state index in [1.165, 1.54) is 22.6 Å². The van der Waals surface area contributed by atoms with Crippen molar-refractivity contribution in [1.29, 1.82) is 5.26 Å². The second-order valence-electron chi connectivity index (χ2n) is 4.09. The number of hydrogen-bond acceptors (Lipinski definition) is 5. The number of rotatable bonds is 3. The van der Waals surface area contributed by atoms with Gasteiger partial charge in [-0.05, 0) is 25.0 Å². The zero-order valence-corrected chi connectivity index (χ0v) is 10.5. The highest BCUT2D eigenvalue weighted by Gasteiger charge is 2.34. The molecule has 1 aromatic heterocycles. The van der Waals surface area contributed by atoms with Gasteiger partial charge in [-0.15, -0.1) is 0 Å². The summed E-state index contributed by atoms with van der Waals surface area (Å²) in [5, 5.41) is 17.8. The Hall–Kier alpha value is -1.49. The Balaban J connectivity index is 2.33. The lowest BCUT2D eigenvalue weighted by molar-refractivity contribution is 0.213. The second-order valence-corrected chi connectivity index (χ2v) is 5.98. The number of aromatic nitrogens is 1. The summed E-state index contributed by atoms with van der Waals surface area (Å²) in [6.45, 7) is 0.233. The van der Waals surface area contributed by atoms with Gasteiger partial charge in [-0.2, -0.15) is 9.57 Å². The molecule has 1 fully saturated rings. The molecule has 0 bridgehead atoms. The lowest BCUT2D eigenvalue weighted by Crippen LogP contribution is -2.37. The van der Waals surface area contributed by atoms with Gasteiger partial charge in [0.15, 0.2) is 0 Å². The van der Waals surface area contributed by atoms with Crippen molar-refractivity contribution in [3.63, 3.8) is 0 Å². The lowest BCUT2D eigenvalue weighted by Gasteiger charge is -2.22. The minimum atomic E-state index is -3.62. The monoisotopic (exact) mass is 267 g/mol. The van der Waals surface area contributed by atoms with E-state index in [9.17, 15) is 8.42 Å². The predicted octanol–water partition coefficient (Wildman–Crippen LogP) is 0.0987. The highest BCUT2D eigenvalue weighted by atomic mass is 32.2. The van der Waals surface area contributed by atoms with Gasteiger partial charge in [0.2, 0.25) is 10.0 Å². The quantitative estimate of drug-likeness (QED) is 0.838. The van der Waals surface area contributed by atoms with Crippen LogP contribution in [0.2, 0.25) is 0 Å². The highest BCUT2D eigenvalue weighted by Crippen LogP contribution is 2.25. The minimum absolute atomic E-state index is 0.0573. The van der Waals surface area contributed by atoms with Crippen LogP contribution in [0.1, 0.15) is 18.5 Å². The van der Waals surface area contributed by atoms with Gasteiger partial charge in [0.05, 0.1) is 6.61 Å². The third kappa shape index (κ3) is 2.22. The van der Waals surface area contributed by atoms with Gasteiger partial charge >= 0.3 is 0 Å². The van der Waals surface area contributed by atoms with Crippen molar-refractivity contribution in [2.75, 3.05) is 13.2 Å². The zero-order valence-electron chi connectivity index (χ0n) is 9.65. The van der Waals surface area contributed by atoms with Gasteiger partial charge < -0.3 is 5.11 Å². The van der Waals surface area contributed by atoms with Crippen LogP contribution in [-0.2, 0) is 10.0 Å². The molecule has 0 unspecified atom stereocenters. The van der Waals surface area contributed by atoms with Crippen LogP contribution < -0.4 is 0 Å². The van der Waals surface area contributed by atoms with Gasteiger partial charge in [-0.3, -0.25) is 0 Å². The maximum absolute atomic E-state index is 12.3. The third-order valence-corrected chi connectivity index (χ3v) is 4.93. The molecule has 0 aliphatic carbocycles. The summed E-state index contributed by atoms with van der Waals surface area (Å²) in [7, 11) is -3.62. The molecule has 1 aliphatic rings. The van der Waals surface area contributed by atoms with Crippen molar-refractivity contribution in [3.05, 3.63) is 24.0 Å². The summed E-state index contributed by atoms with van der Waals surface area (Å²) in [5.41, 5.74) is 0.175. The van der Waals surface area contributed by atoms with E-state index in [4.69, 9.17) is 10.4 Å². The van der Waals surface area contributed by atoms with Crippen LogP contribution in [-0.4, -0.2) is 42.0 Å². The van der Waals surface area contributed by atoms with E-state index in [2.05, 4.69) is 4.98 Å². The number of pyridine rings is 1. The molecule has 2 heterocycles. The van der Waals surface area contributed by atoms with Crippen LogP contribution >= 0.6 is 0 Å². The number of nitrogens with zero attached hydrogens (tertiary/aromatic N) is 3. The molecule has 0 spiro atoms. The Kier molecular flexibility index (Phi) is 3.61. The molecule has 96 valence electrons. The van der Waals surface area contributed by atoms with Crippen molar-refractivity contribution in [2.45, 2.75) is 23.8 Å². The number of hydrogen-bond donors (Lipinski definition) is 1. The first-order chi connectivity index (χ1) is 8.59. The van der Waals surface area contributed by atoms with E-state index < -0.39 is 10.0 Å². The fraction of sp³-hybridized carbons (Fsp3) is 0.455. The summed E-state index contributed by atoms with van der Waals surface area (Å²) in [5.74, 6) is 0. The number of nitriles is 1. The van der Waals surface area contributed by atoms with E-state index in [0.29, 0.717) is 13.0 Å². The number of sulfonamides is 1. The molecule has 0 saturated carbocycles. The molecule has 18 heavy (non-hydrogen) atoms. The molecule has 6 nitrogen and oxygen atoms in total. The zero-order chi connectivity index (χ0) is 13.2. The molecule has 2 rings (SSSR count). The van der Waals surface area contributed by atoms with E-state index in [1.54, 1.807) is 0 Å². The fourth-order valence-electron chi connectivity index (χ4n) is 2.04. The van der Waals surface area contributed by atoms with Gasteiger partial charge in [0, 0.05) is 18.8 Å². The topological polar surface area (TPSA) is 94.3 Å². The predicted molar refractivity (Wildman–Crippen MR) is 63.0 cm³/mol. The molecule has 1 atom stereocenters. The van der Waals surface area contributed by atoms with Gasteiger partial charge in [-0.1, -0.05) is 0 Å². The molecule has 1 aromatic rings. The van der Waals surface area contributed by atoms with Crippen LogP contribution in [0.3, 0.4) is 0 Å². The summed E-state index contributed by atoms with van der Waals surface area (Å²) in [4.78, 5) is 3.81. The van der Waals surface area contributed by atoms with E-state index >= 15 is 0 Å². The average molecular weight is 267 g/mol. The first-order valence-corrected chi connectivity index (χ1v) is 7.02. The van der Waals surface area contributed by atoms with Gasteiger partial charge in [0.25, 0.3) is 0 Å². The minimum Gasteiger partial charge on any atom is -0.395 e. The number of aliphatic hydroxyl groups is 1. The third-order valence-electron chi connectivity index (χ3n) is 2.99. The SMILES string of the molecule is N#Cc1ccc(S(=O)(=O)N2CCC[C@@H]2CO)cn1. The van der Waals surface area contributed by atoms with Crippen LogP contribution in [0.25, 0.3) is 0 Å². The van der Waals surface area contributed by atoms with Crippen LogP contribution in [0, 0.1) is 11.3 Å².